The van der Waals surface area contributed by atoms with E-state index in [-0.39, 0.29) is 6.04 Å². The Morgan fingerprint density at radius 3 is 2.53 bits per heavy atom. The van der Waals surface area contributed by atoms with Crippen LogP contribution in [-0.4, -0.2) is 15.0 Å². The predicted octanol–water partition coefficient (Wildman–Crippen LogP) is 1.68. The van der Waals surface area contributed by atoms with Gasteiger partial charge in [-0.1, -0.05) is 13.0 Å². The van der Waals surface area contributed by atoms with Gasteiger partial charge in [-0.05, 0) is 24.1 Å². The Bertz CT molecular complexity index is 453. The molecule has 0 spiro atoms. The van der Waals surface area contributed by atoms with Gasteiger partial charge in [-0.2, -0.15) is 0 Å². The zero-order chi connectivity index (χ0) is 12.1. The van der Waals surface area contributed by atoms with Crippen LogP contribution in [0.25, 0.3) is 0 Å². The highest BCUT2D eigenvalue weighted by Gasteiger charge is 2.09. The van der Waals surface area contributed by atoms with Crippen molar-refractivity contribution in [2.75, 3.05) is 0 Å². The number of hydrogen-bond acceptors (Lipinski definition) is 4. The first-order valence-corrected chi connectivity index (χ1v) is 5.76. The highest BCUT2D eigenvalue weighted by atomic mass is 14.9. The summed E-state index contributed by atoms with van der Waals surface area (Å²) in [6, 6.07) is 5.68. The molecule has 17 heavy (non-hydrogen) atoms. The summed E-state index contributed by atoms with van der Waals surface area (Å²) < 4.78 is 0. The normalized spacial score (nSPS) is 12.4. The minimum Gasteiger partial charge on any atom is -0.321 e. The van der Waals surface area contributed by atoms with Gasteiger partial charge in [-0.15, -0.1) is 0 Å². The number of aryl methyl sites for hydroxylation is 1. The van der Waals surface area contributed by atoms with Crippen molar-refractivity contribution in [3.63, 3.8) is 0 Å². The average molecular weight is 228 g/mol. The maximum Gasteiger partial charge on any atom is 0.145 e. The van der Waals surface area contributed by atoms with Crippen molar-refractivity contribution in [1.82, 2.24) is 15.0 Å². The van der Waals surface area contributed by atoms with Crippen LogP contribution in [0.3, 0.4) is 0 Å². The number of nitrogens with zero attached hydrogens (tertiary/aromatic N) is 3. The highest BCUT2D eigenvalue weighted by Crippen LogP contribution is 2.10. The number of rotatable bonds is 4. The van der Waals surface area contributed by atoms with Crippen LogP contribution in [0, 0.1) is 0 Å². The molecule has 0 fully saturated rings. The largest absolute Gasteiger partial charge is 0.321 e. The molecule has 0 amide bonds. The monoisotopic (exact) mass is 228 g/mol. The minimum absolute atomic E-state index is 0.198. The smallest absolute Gasteiger partial charge is 0.145 e. The van der Waals surface area contributed by atoms with Crippen molar-refractivity contribution in [3.05, 3.63) is 53.9 Å². The third-order valence-electron chi connectivity index (χ3n) is 2.64. The topological polar surface area (TPSA) is 64.7 Å². The first-order chi connectivity index (χ1) is 8.29. The summed E-state index contributed by atoms with van der Waals surface area (Å²) in [6.07, 6.45) is 6.97. The lowest BCUT2D eigenvalue weighted by Gasteiger charge is -2.09. The maximum absolute atomic E-state index is 6.03. The van der Waals surface area contributed by atoms with E-state index in [1.165, 1.54) is 5.56 Å². The first-order valence-electron chi connectivity index (χ1n) is 5.76. The first kappa shape index (κ1) is 11.7. The van der Waals surface area contributed by atoms with Gasteiger partial charge in [-0.3, -0.25) is 4.98 Å². The van der Waals surface area contributed by atoms with E-state index in [1.807, 2.05) is 12.3 Å². The maximum atomic E-state index is 6.03. The molecule has 0 saturated carbocycles. The summed E-state index contributed by atoms with van der Waals surface area (Å²) in [6.45, 7) is 2.11. The number of hydrogen-bond donors (Lipinski definition) is 1. The van der Waals surface area contributed by atoms with Gasteiger partial charge in [0.15, 0.2) is 0 Å². The van der Waals surface area contributed by atoms with Crippen molar-refractivity contribution in [2.45, 2.75) is 25.8 Å². The van der Waals surface area contributed by atoms with Crippen molar-refractivity contribution in [1.29, 1.82) is 0 Å². The van der Waals surface area contributed by atoms with Gasteiger partial charge in [0, 0.05) is 30.7 Å². The van der Waals surface area contributed by atoms with Gasteiger partial charge in [0.2, 0.25) is 0 Å². The second kappa shape index (κ2) is 5.50. The van der Waals surface area contributed by atoms with Crippen LogP contribution in [0.2, 0.25) is 0 Å². The fourth-order valence-electron chi connectivity index (χ4n) is 1.60. The minimum atomic E-state index is -0.198. The van der Waals surface area contributed by atoms with Crippen molar-refractivity contribution in [3.8, 4) is 0 Å². The Labute approximate surface area is 101 Å². The fourth-order valence-corrected chi connectivity index (χ4v) is 1.60. The molecule has 88 valence electrons. The molecule has 0 aliphatic carbocycles. The van der Waals surface area contributed by atoms with Crippen molar-refractivity contribution >= 4 is 0 Å². The summed E-state index contributed by atoms with van der Waals surface area (Å²) in [5, 5.41) is 0. The molecule has 1 atom stereocenters. The zero-order valence-corrected chi connectivity index (χ0v) is 9.87. The van der Waals surface area contributed by atoms with E-state index in [9.17, 15) is 0 Å². The van der Waals surface area contributed by atoms with Gasteiger partial charge >= 0.3 is 0 Å². The Morgan fingerprint density at radius 2 is 1.94 bits per heavy atom. The number of nitrogens with two attached hydrogens (primary N) is 1. The van der Waals surface area contributed by atoms with Gasteiger partial charge in [0.05, 0.1) is 6.04 Å². The molecule has 4 heteroatoms. The Morgan fingerprint density at radius 1 is 1.18 bits per heavy atom. The van der Waals surface area contributed by atoms with Crippen LogP contribution in [0.15, 0.2) is 36.8 Å². The zero-order valence-electron chi connectivity index (χ0n) is 9.87. The van der Waals surface area contributed by atoms with Crippen molar-refractivity contribution < 1.29 is 0 Å². The van der Waals surface area contributed by atoms with E-state index < -0.39 is 0 Å². The van der Waals surface area contributed by atoms with Crippen LogP contribution >= 0.6 is 0 Å². The van der Waals surface area contributed by atoms with Crippen molar-refractivity contribution in [2.24, 2.45) is 5.73 Å². The van der Waals surface area contributed by atoms with Crippen LogP contribution < -0.4 is 5.73 Å². The molecule has 2 N–H and O–H groups in total. The average Bonchev–Trinajstić information content (AvgIpc) is 2.40. The summed E-state index contributed by atoms with van der Waals surface area (Å²) in [7, 11) is 0. The molecule has 0 aliphatic heterocycles. The lowest BCUT2D eigenvalue weighted by molar-refractivity contribution is 0.655. The molecule has 2 aromatic rings. The summed E-state index contributed by atoms with van der Waals surface area (Å²) >= 11 is 0. The van der Waals surface area contributed by atoms with E-state index in [4.69, 9.17) is 5.73 Å². The summed E-state index contributed by atoms with van der Waals surface area (Å²) in [4.78, 5) is 12.7. The predicted molar refractivity (Wildman–Crippen MR) is 66.3 cm³/mol. The summed E-state index contributed by atoms with van der Waals surface area (Å²) in [5.41, 5.74) is 8.24. The second-order valence-electron chi connectivity index (χ2n) is 3.93. The highest BCUT2D eigenvalue weighted by molar-refractivity contribution is 5.15. The van der Waals surface area contributed by atoms with Gasteiger partial charge in [0.1, 0.15) is 5.82 Å². The fraction of sp³-hybridized carbons (Fsp3) is 0.308. The quantitative estimate of drug-likeness (QED) is 0.864. The summed E-state index contributed by atoms with van der Waals surface area (Å²) in [5.74, 6) is 0.661. The van der Waals surface area contributed by atoms with Crippen LogP contribution in [-0.2, 0) is 12.8 Å². The van der Waals surface area contributed by atoms with Crippen LogP contribution in [0.4, 0.5) is 0 Å². The molecule has 2 rings (SSSR count). The molecular formula is C13H16N4. The van der Waals surface area contributed by atoms with Crippen LogP contribution in [0.1, 0.15) is 30.0 Å². The van der Waals surface area contributed by atoms with Gasteiger partial charge in [-0.25, -0.2) is 9.97 Å². The third-order valence-corrected chi connectivity index (χ3v) is 2.64. The van der Waals surface area contributed by atoms with E-state index in [2.05, 4.69) is 27.9 Å². The lowest BCUT2D eigenvalue weighted by atomic mass is 10.1. The van der Waals surface area contributed by atoms with Crippen LogP contribution in [0.5, 0.6) is 0 Å². The Kier molecular flexibility index (Phi) is 3.77. The van der Waals surface area contributed by atoms with E-state index in [1.54, 1.807) is 18.5 Å². The molecular weight excluding hydrogens is 212 g/mol. The van der Waals surface area contributed by atoms with E-state index in [0.717, 1.165) is 12.1 Å². The van der Waals surface area contributed by atoms with E-state index in [0.29, 0.717) is 12.2 Å². The third kappa shape index (κ3) is 3.07. The molecule has 0 bridgehead atoms. The SMILES string of the molecule is CCc1ccc(CC(N)c2ncccn2)nc1. The Hall–Kier alpha value is -1.81. The molecule has 2 heterocycles. The molecule has 0 aliphatic rings. The standard InChI is InChI=1S/C13H16N4/c1-2-10-4-5-11(17-9-10)8-12(14)13-15-6-3-7-16-13/h3-7,9,12H,2,8,14H2,1H3. The molecule has 0 aromatic carbocycles. The molecule has 4 nitrogen and oxygen atoms in total. The van der Waals surface area contributed by atoms with E-state index >= 15 is 0 Å². The van der Waals surface area contributed by atoms with Gasteiger partial charge < -0.3 is 5.73 Å². The lowest BCUT2D eigenvalue weighted by Crippen LogP contribution is -2.17. The number of aromatic nitrogens is 3. The number of pyridine rings is 1. The Balaban J connectivity index is 2.05. The molecule has 0 radical (unpaired) electrons. The molecule has 2 aromatic heterocycles. The van der Waals surface area contributed by atoms with Gasteiger partial charge in [0.25, 0.3) is 0 Å². The molecule has 1 unspecified atom stereocenters. The second-order valence-corrected chi connectivity index (χ2v) is 3.93. The molecule has 0 saturated heterocycles.